The SMILES string of the molecule is CN(CO)c1cccs1. The number of aliphatic hydroxyl groups is 1. The van der Waals surface area contributed by atoms with Gasteiger partial charge in [0, 0.05) is 7.05 Å². The van der Waals surface area contributed by atoms with Gasteiger partial charge in [-0.2, -0.15) is 0 Å². The minimum atomic E-state index is 0.0838. The predicted octanol–water partition coefficient (Wildman–Crippen LogP) is 1.13. The van der Waals surface area contributed by atoms with Gasteiger partial charge >= 0.3 is 0 Å². The Morgan fingerprint density at radius 2 is 2.56 bits per heavy atom. The molecule has 1 N–H and O–H groups in total. The van der Waals surface area contributed by atoms with Crippen molar-refractivity contribution in [1.29, 1.82) is 0 Å². The minimum absolute atomic E-state index is 0.0838. The molecule has 3 heteroatoms. The molecule has 0 amide bonds. The fourth-order valence-corrected chi connectivity index (χ4v) is 1.25. The molecule has 0 aromatic carbocycles. The Kier molecular flexibility index (Phi) is 2.08. The molecule has 50 valence electrons. The Morgan fingerprint density at radius 3 is 3.00 bits per heavy atom. The number of rotatable bonds is 2. The lowest BCUT2D eigenvalue weighted by Crippen LogP contribution is -2.15. The highest BCUT2D eigenvalue weighted by Crippen LogP contribution is 2.18. The number of anilines is 1. The smallest absolute Gasteiger partial charge is 0.116 e. The largest absolute Gasteiger partial charge is 0.376 e. The van der Waals surface area contributed by atoms with Crippen molar-refractivity contribution in [1.82, 2.24) is 0 Å². The summed E-state index contributed by atoms with van der Waals surface area (Å²) in [4.78, 5) is 1.78. The third-order valence-corrected chi connectivity index (χ3v) is 2.08. The van der Waals surface area contributed by atoms with Crippen LogP contribution in [0, 0.1) is 0 Å². The Hall–Kier alpha value is -0.540. The van der Waals surface area contributed by atoms with E-state index >= 15 is 0 Å². The third-order valence-electron chi connectivity index (χ3n) is 1.09. The van der Waals surface area contributed by atoms with Crippen LogP contribution in [0.25, 0.3) is 0 Å². The molecular weight excluding hydrogens is 134 g/mol. The van der Waals surface area contributed by atoms with E-state index in [9.17, 15) is 0 Å². The summed E-state index contributed by atoms with van der Waals surface area (Å²) in [6.07, 6.45) is 0. The van der Waals surface area contributed by atoms with Gasteiger partial charge in [0.15, 0.2) is 0 Å². The highest BCUT2D eigenvalue weighted by atomic mass is 32.1. The average Bonchev–Trinajstić information content (AvgIpc) is 2.37. The lowest BCUT2D eigenvalue weighted by atomic mass is 10.6. The molecule has 0 aliphatic heterocycles. The quantitative estimate of drug-likeness (QED) is 0.627. The maximum Gasteiger partial charge on any atom is 0.116 e. The number of thiophene rings is 1. The van der Waals surface area contributed by atoms with Gasteiger partial charge < -0.3 is 10.0 Å². The van der Waals surface area contributed by atoms with E-state index in [-0.39, 0.29) is 6.73 Å². The van der Waals surface area contributed by atoms with Crippen LogP contribution in [0.15, 0.2) is 17.5 Å². The molecule has 0 spiro atoms. The standard InChI is InChI=1S/C6H9NOS/c1-7(5-8)6-3-2-4-9-6/h2-4,8H,5H2,1H3. The molecule has 1 rings (SSSR count). The van der Waals surface area contributed by atoms with Crippen molar-refractivity contribution in [3.8, 4) is 0 Å². The molecule has 1 heterocycles. The summed E-state index contributed by atoms with van der Waals surface area (Å²) in [5.74, 6) is 0. The number of hydrogen-bond acceptors (Lipinski definition) is 3. The normalized spacial score (nSPS) is 9.56. The van der Waals surface area contributed by atoms with E-state index in [0.29, 0.717) is 0 Å². The van der Waals surface area contributed by atoms with E-state index < -0.39 is 0 Å². The van der Waals surface area contributed by atoms with Gasteiger partial charge in [-0.05, 0) is 17.5 Å². The first kappa shape index (κ1) is 6.58. The van der Waals surface area contributed by atoms with Crippen molar-refractivity contribution in [3.63, 3.8) is 0 Å². The van der Waals surface area contributed by atoms with Gasteiger partial charge in [-0.15, -0.1) is 11.3 Å². The highest BCUT2D eigenvalue weighted by Gasteiger charge is 1.95. The van der Waals surface area contributed by atoms with Crippen molar-refractivity contribution in [2.24, 2.45) is 0 Å². The van der Waals surface area contributed by atoms with E-state index in [0.717, 1.165) is 5.00 Å². The fourth-order valence-electron chi connectivity index (χ4n) is 0.557. The molecule has 1 aromatic rings. The van der Waals surface area contributed by atoms with Crippen LogP contribution >= 0.6 is 11.3 Å². The lowest BCUT2D eigenvalue weighted by molar-refractivity contribution is 0.299. The lowest BCUT2D eigenvalue weighted by Gasteiger charge is -2.11. The molecule has 0 radical (unpaired) electrons. The van der Waals surface area contributed by atoms with E-state index in [1.54, 1.807) is 16.2 Å². The number of aliphatic hydroxyl groups excluding tert-OH is 1. The van der Waals surface area contributed by atoms with Crippen molar-refractivity contribution in [3.05, 3.63) is 17.5 Å². The molecule has 0 atom stereocenters. The minimum Gasteiger partial charge on any atom is -0.376 e. The van der Waals surface area contributed by atoms with Crippen LogP contribution < -0.4 is 4.90 Å². The molecule has 9 heavy (non-hydrogen) atoms. The predicted molar refractivity (Wildman–Crippen MR) is 39.8 cm³/mol. The maximum absolute atomic E-state index is 8.64. The molecule has 0 unspecified atom stereocenters. The number of hydrogen-bond donors (Lipinski definition) is 1. The fraction of sp³-hybridized carbons (Fsp3) is 0.333. The molecular formula is C6H9NOS. The van der Waals surface area contributed by atoms with Crippen molar-refractivity contribution in [2.45, 2.75) is 0 Å². The maximum atomic E-state index is 8.64. The van der Waals surface area contributed by atoms with Gasteiger partial charge in [-0.1, -0.05) is 0 Å². The first-order valence-corrected chi connectivity index (χ1v) is 3.58. The molecule has 2 nitrogen and oxygen atoms in total. The van der Waals surface area contributed by atoms with Crippen LogP contribution in [-0.2, 0) is 0 Å². The molecule has 1 aromatic heterocycles. The van der Waals surface area contributed by atoms with Crippen LogP contribution in [0.4, 0.5) is 5.00 Å². The Labute approximate surface area is 58.4 Å². The topological polar surface area (TPSA) is 23.5 Å². The first-order valence-electron chi connectivity index (χ1n) is 2.70. The zero-order valence-electron chi connectivity index (χ0n) is 5.24. The summed E-state index contributed by atoms with van der Waals surface area (Å²) in [6, 6.07) is 3.94. The monoisotopic (exact) mass is 143 g/mol. The highest BCUT2D eigenvalue weighted by molar-refractivity contribution is 7.14. The molecule has 0 saturated carbocycles. The van der Waals surface area contributed by atoms with Crippen LogP contribution in [0.1, 0.15) is 0 Å². The Balaban J connectivity index is 2.65. The second-order valence-corrected chi connectivity index (χ2v) is 2.72. The van der Waals surface area contributed by atoms with Crippen LogP contribution in [-0.4, -0.2) is 18.9 Å². The Morgan fingerprint density at radius 1 is 1.78 bits per heavy atom. The molecule has 0 saturated heterocycles. The van der Waals surface area contributed by atoms with Crippen molar-refractivity contribution >= 4 is 16.3 Å². The van der Waals surface area contributed by atoms with Crippen molar-refractivity contribution in [2.75, 3.05) is 18.7 Å². The van der Waals surface area contributed by atoms with Gasteiger partial charge in [-0.3, -0.25) is 0 Å². The summed E-state index contributed by atoms with van der Waals surface area (Å²) in [5.41, 5.74) is 0. The second-order valence-electron chi connectivity index (χ2n) is 1.79. The van der Waals surface area contributed by atoms with E-state index in [4.69, 9.17) is 5.11 Å². The summed E-state index contributed by atoms with van der Waals surface area (Å²) < 4.78 is 0. The van der Waals surface area contributed by atoms with Gasteiger partial charge in [0.2, 0.25) is 0 Å². The van der Waals surface area contributed by atoms with Crippen LogP contribution in [0.5, 0.6) is 0 Å². The zero-order chi connectivity index (χ0) is 6.69. The second kappa shape index (κ2) is 2.85. The molecule has 0 bridgehead atoms. The zero-order valence-corrected chi connectivity index (χ0v) is 6.06. The number of nitrogens with zero attached hydrogens (tertiary/aromatic N) is 1. The summed E-state index contributed by atoms with van der Waals surface area (Å²) in [6.45, 7) is 0.0838. The molecule has 0 aliphatic carbocycles. The van der Waals surface area contributed by atoms with E-state index in [1.165, 1.54) is 0 Å². The van der Waals surface area contributed by atoms with Gasteiger partial charge in [0.1, 0.15) is 6.73 Å². The molecule has 0 fully saturated rings. The van der Waals surface area contributed by atoms with Gasteiger partial charge in [0.05, 0.1) is 5.00 Å². The first-order chi connectivity index (χ1) is 4.34. The van der Waals surface area contributed by atoms with Crippen LogP contribution in [0.2, 0.25) is 0 Å². The summed E-state index contributed by atoms with van der Waals surface area (Å²) in [7, 11) is 1.85. The van der Waals surface area contributed by atoms with Gasteiger partial charge in [0.25, 0.3) is 0 Å². The van der Waals surface area contributed by atoms with Gasteiger partial charge in [-0.25, -0.2) is 0 Å². The van der Waals surface area contributed by atoms with E-state index in [2.05, 4.69) is 0 Å². The molecule has 0 aliphatic rings. The third kappa shape index (κ3) is 1.43. The van der Waals surface area contributed by atoms with Crippen LogP contribution in [0.3, 0.4) is 0 Å². The summed E-state index contributed by atoms with van der Waals surface area (Å²) in [5, 5.41) is 11.7. The summed E-state index contributed by atoms with van der Waals surface area (Å²) >= 11 is 1.62. The van der Waals surface area contributed by atoms with Crippen molar-refractivity contribution < 1.29 is 5.11 Å². The van der Waals surface area contributed by atoms with E-state index in [1.807, 2.05) is 24.6 Å². The Bertz CT molecular complexity index is 162. The average molecular weight is 143 g/mol.